The van der Waals surface area contributed by atoms with Crippen molar-refractivity contribution in [2.75, 3.05) is 19.0 Å². The molecule has 0 saturated carbocycles. The first-order valence-corrected chi connectivity index (χ1v) is 6.44. The Labute approximate surface area is 136 Å². The standard InChI is InChI=1S/C8H8ClNO2.C5H8O6/c9-6-1-3-7(4-2-6)10-5-8(11)12;1-11-5(10)3(7)2(6)4(8)9/h1-4,10H,5H2,(H,11,12);2-3,6-7H,1H3,(H,8,9). The van der Waals surface area contributed by atoms with Gasteiger partial charge in [0.25, 0.3) is 0 Å². The molecule has 0 aliphatic heterocycles. The number of aliphatic hydroxyl groups excluding tert-OH is 2. The summed E-state index contributed by atoms with van der Waals surface area (Å²) in [4.78, 5) is 30.5. The summed E-state index contributed by atoms with van der Waals surface area (Å²) in [6.07, 6.45) is -4.17. The highest BCUT2D eigenvalue weighted by Crippen LogP contribution is 2.12. The zero-order valence-electron chi connectivity index (χ0n) is 12.0. The van der Waals surface area contributed by atoms with E-state index in [2.05, 4.69) is 10.1 Å². The van der Waals surface area contributed by atoms with Crippen LogP contribution in [0.25, 0.3) is 0 Å². The molecule has 0 amide bonds. The van der Waals surface area contributed by atoms with E-state index >= 15 is 0 Å². The Hall–Kier alpha value is -2.36. The second-order valence-electron chi connectivity index (χ2n) is 4.01. The zero-order chi connectivity index (χ0) is 18.0. The first-order chi connectivity index (χ1) is 10.7. The average molecular weight is 350 g/mol. The highest BCUT2D eigenvalue weighted by Gasteiger charge is 2.30. The van der Waals surface area contributed by atoms with Crippen molar-refractivity contribution in [2.24, 2.45) is 0 Å². The largest absolute Gasteiger partial charge is 0.480 e. The third kappa shape index (κ3) is 8.61. The quantitative estimate of drug-likeness (QED) is 0.439. The van der Waals surface area contributed by atoms with Gasteiger partial charge < -0.3 is 30.5 Å². The minimum Gasteiger partial charge on any atom is -0.480 e. The first kappa shape index (κ1) is 20.6. The molecular formula is C13H16ClNO8. The predicted molar refractivity (Wildman–Crippen MR) is 79.2 cm³/mol. The first-order valence-electron chi connectivity index (χ1n) is 6.07. The Balaban J connectivity index is 0.000000423. The lowest BCUT2D eigenvalue weighted by Crippen LogP contribution is -2.40. The zero-order valence-corrected chi connectivity index (χ0v) is 12.7. The van der Waals surface area contributed by atoms with E-state index in [-0.39, 0.29) is 6.54 Å². The number of anilines is 1. The number of aliphatic hydroxyl groups is 2. The van der Waals surface area contributed by atoms with Crippen LogP contribution < -0.4 is 5.32 Å². The summed E-state index contributed by atoms with van der Waals surface area (Å²) in [5, 5.41) is 37.0. The molecule has 0 aromatic heterocycles. The maximum atomic E-state index is 10.4. The van der Waals surface area contributed by atoms with Crippen LogP contribution in [0, 0.1) is 0 Å². The molecule has 1 rings (SSSR count). The van der Waals surface area contributed by atoms with Gasteiger partial charge in [0.15, 0.2) is 12.2 Å². The van der Waals surface area contributed by atoms with E-state index in [1.54, 1.807) is 24.3 Å². The number of hydrogen-bond donors (Lipinski definition) is 5. The van der Waals surface area contributed by atoms with Gasteiger partial charge in [-0.15, -0.1) is 0 Å². The van der Waals surface area contributed by atoms with E-state index in [0.29, 0.717) is 5.02 Å². The molecule has 0 saturated heterocycles. The van der Waals surface area contributed by atoms with E-state index in [9.17, 15) is 14.4 Å². The van der Waals surface area contributed by atoms with Crippen molar-refractivity contribution in [2.45, 2.75) is 12.2 Å². The van der Waals surface area contributed by atoms with Crippen molar-refractivity contribution >= 4 is 35.2 Å². The van der Waals surface area contributed by atoms with E-state index in [0.717, 1.165) is 12.8 Å². The van der Waals surface area contributed by atoms with Crippen LogP contribution in [0.15, 0.2) is 24.3 Å². The number of rotatable bonds is 6. The summed E-state index contributed by atoms with van der Waals surface area (Å²) in [5.41, 5.74) is 0.752. The molecule has 9 nitrogen and oxygen atoms in total. The van der Waals surface area contributed by atoms with Crippen LogP contribution in [-0.2, 0) is 19.1 Å². The van der Waals surface area contributed by atoms with Crippen molar-refractivity contribution in [3.05, 3.63) is 29.3 Å². The fraction of sp³-hybridized carbons (Fsp3) is 0.308. The number of esters is 1. The number of carbonyl (C=O) groups is 3. The molecular weight excluding hydrogens is 334 g/mol. The second kappa shape index (κ2) is 10.4. The number of carboxylic acids is 2. The van der Waals surface area contributed by atoms with Crippen LogP contribution in [0.1, 0.15) is 0 Å². The fourth-order valence-electron chi connectivity index (χ4n) is 1.13. The summed E-state index contributed by atoms with van der Waals surface area (Å²) in [6.45, 7) is -0.0817. The van der Waals surface area contributed by atoms with Crippen molar-refractivity contribution in [3.63, 3.8) is 0 Å². The van der Waals surface area contributed by atoms with E-state index in [1.165, 1.54) is 0 Å². The molecule has 0 radical (unpaired) electrons. The number of hydrogen-bond acceptors (Lipinski definition) is 7. The molecule has 2 atom stereocenters. The van der Waals surface area contributed by atoms with Gasteiger partial charge in [0, 0.05) is 10.7 Å². The molecule has 1 aromatic carbocycles. The van der Waals surface area contributed by atoms with Crippen molar-refractivity contribution < 1.29 is 39.5 Å². The Bertz CT molecular complexity index is 533. The van der Waals surface area contributed by atoms with Gasteiger partial charge in [-0.05, 0) is 24.3 Å². The minimum atomic E-state index is -2.14. The number of carboxylic acid groups (broad SMARTS) is 2. The fourth-order valence-corrected chi connectivity index (χ4v) is 1.26. The van der Waals surface area contributed by atoms with Crippen LogP contribution in [-0.4, -0.2) is 64.2 Å². The lowest BCUT2D eigenvalue weighted by atomic mass is 10.2. The highest BCUT2D eigenvalue weighted by molar-refractivity contribution is 6.30. The van der Waals surface area contributed by atoms with Gasteiger partial charge in [-0.1, -0.05) is 11.6 Å². The number of benzene rings is 1. The van der Waals surface area contributed by atoms with Crippen LogP contribution in [0.3, 0.4) is 0 Å². The topological polar surface area (TPSA) is 153 Å². The van der Waals surface area contributed by atoms with Crippen LogP contribution in [0.2, 0.25) is 5.02 Å². The molecule has 5 N–H and O–H groups in total. The van der Waals surface area contributed by atoms with E-state index in [1.807, 2.05) is 0 Å². The van der Waals surface area contributed by atoms with E-state index in [4.69, 9.17) is 32.0 Å². The van der Waals surface area contributed by atoms with Gasteiger partial charge in [0.2, 0.25) is 0 Å². The van der Waals surface area contributed by atoms with Gasteiger partial charge in [0.05, 0.1) is 7.11 Å². The molecule has 23 heavy (non-hydrogen) atoms. The van der Waals surface area contributed by atoms with E-state index < -0.39 is 30.1 Å². The monoisotopic (exact) mass is 349 g/mol. The summed E-state index contributed by atoms with van der Waals surface area (Å²) in [5.74, 6) is -3.74. The number of aliphatic carboxylic acids is 2. The highest BCUT2D eigenvalue weighted by atomic mass is 35.5. The summed E-state index contributed by atoms with van der Waals surface area (Å²) < 4.78 is 3.97. The van der Waals surface area contributed by atoms with Crippen LogP contribution >= 0.6 is 11.6 Å². The van der Waals surface area contributed by atoms with Crippen LogP contribution in [0.4, 0.5) is 5.69 Å². The van der Waals surface area contributed by atoms with Gasteiger partial charge in [-0.2, -0.15) is 0 Å². The normalized spacial score (nSPS) is 12.2. The molecule has 10 heteroatoms. The Kier molecular flexibility index (Phi) is 9.31. The summed E-state index contributed by atoms with van der Waals surface area (Å²) >= 11 is 5.63. The third-order valence-corrected chi connectivity index (χ3v) is 2.53. The second-order valence-corrected chi connectivity index (χ2v) is 4.44. The number of methoxy groups -OCH3 is 1. The molecule has 0 fully saturated rings. The van der Waals surface area contributed by atoms with Crippen LogP contribution in [0.5, 0.6) is 0 Å². The molecule has 0 spiro atoms. The minimum absolute atomic E-state index is 0.0817. The van der Waals surface area contributed by atoms with Gasteiger partial charge in [0.1, 0.15) is 6.54 Å². The molecule has 128 valence electrons. The molecule has 2 unspecified atom stereocenters. The maximum absolute atomic E-state index is 10.4. The average Bonchev–Trinajstić information content (AvgIpc) is 2.52. The molecule has 0 bridgehead atoms. The van der Waals surface area contributed by atoms with Gasteiger partial charge in [-0.3, -0.25) is 4.79 Å². The van der Waals surface area contributed by atoms with Crippen molar-refractivity contribution in [1.29, 1.82) is 0 Å². The number of nitrogens with one attached hydrogen (secondary N) is 1. The molecule has 1 aromatic rings. The molecule has 0 heterocycles. The molecule has 0 aliphatic rings. The number of ether oxygens (including phenoxy) is 1. The summed E-state index contributed by atoms with van der Waals surface area (Å²) in [7, 11) is 0.972. The smallest absolute Gasteiger partial charge is 0.338 e. The summed E-state index contributed by atoms with van der Waals surface area (Å²) in [6, 6.07) is 6.86. The third-order valence-electron chi connectivity index (χ3n) is 2.28. The number of halogens is 1. The predicted octanol–water partition coefficient (Wildman–Crippen LogP) is -0.198. The number of carbonyl (C=O) groups excluding carboxylic acids is 1. The lowest BCUT2D eigenvalue weighted by molar-refractivity contribution is -0.167. The van der Waals surface area contributed by atoms with Crippen molar-refractivity contribution in [1.82, 2.24) is 0 Å². The molecule has 0 aliphatic carbocycles. The Morgan fingerprint density at radius 2 is 1.65 bits per heavy atom. The van der Waals surface area contributed by atoms with Gasteiger partial charge in [-0.25, -0.2) is 9.59 Å². The SMILES string of the molecule is COC(=O)C(O)C(O)C(=O)O.O=C(O)CNc1ccc(Cl)cc1. The maximum Gasteiger partial charge on any atom is 0.338 e. The lowest BCUT2D eigenvalue weighted by Gasteiger charge is -2.10. The Morgan fingerprint density at radius 1 is 1.13 bits per heavy atom. The van der Waals surface area contributed by atoms with Crippen molar-refractivity contribution in [3.8, 4) is 0 Å². The Morgan fingerprint density at radius 3 is 2.04 bits per heavy atom. The van der Waals surface area contributed by atoms with Gasteiger partial charge >= 0.3 is 17.9 Å².